The SMILES string of the molecule is CC(C)=CCC[C@](C)(O[C@H]1O[C@@H](CO)[C@H](O)[C@@H](O)[C@@H]1O)[C@@H]1CC[C@]2(C)[C@@H]1CC[C@@H]1[C@]3(C)CC[C@H](O[C@@H]4O[C@H](CO)[C@@H](O)[C@H](O)[C@@H]4O[C@@H]4O[C@H](CO)[C@@H](O)[C@@H](O)[C@@H]4O)C(C)(C)[C@@H]3CC[C@@]12C. The molecule has 3 aliphatic heterocycles. The summed E-state index contributed by atoms with van der Waals surface area (Å²) in [5.74, 6) is 0.995. The van der Waals surface area contributed by atoms with Crippen molar-refractivity contribution >= 4 is 0 Å². The summed E-state index contributed by atoms with van der Waals surface area (Å²) in [6, 6.07) is 0. The van der Waals surface area contributed by atoms with Gasteiger partial charge in [-0.25, -0.2) is 0 Å². The molecular formula is C48H82O17. The molecule has 0 aromatic carbocycles. The summed E-state index contributed by atoms with van der Waals surface area (Å²) in [5, 5.41) is 116. The maximum absolute atomic E-state index is 11.4. The topological polar surface area (TPSA) is 278 Å². The lowest BCUT2D eigenvalue weighted by atomic mass is 9.35. The fourth-order valence-corrected chi connectivity index (χ4v) is 14.9. The molecule has 7 aliphatic rings. The van der Waals surface area contributed by atoms with Crippen LogP contribution in [0.25, 0.3) is 0 Å². The molecule has 4 aliphatic carbocycles. The van der Waals surface area contributed by atoms with E-state index in [1.165, 1.54) is 5.57 Å². The van der Waals surface area contributed by atoms with Crippen LogP contribution in [-0.2, 0) is 28.4 Å². The second-order valence-electron chi connectivity index (χ2n) is 22.8. The highest BCUT2D eigenvalue weighted by atomic mass is 16.8. The van der Waals surface area contributed by atoms with Gasteiger partial charge in [0.05, 0.1) is 31.5 Å². The Morgan fingerprint density at radius 1 is 0.585 bits per heavy atom. The fraction of sp³-hybridized carbons (Fsp3) is 0.958. The van der Waals surface area contributed by atoms with E-state index in [4.69, 9.17) is 28.4 Å². The quantitative estimate of drug-likeness (QED) is 0.0908. The van der Waals surface area contributed by atoms with Crippen LogP contribution < -0.4 is 0 Å². The Labute approximate surface area is 384 Å². The molecule has 7 fully saturated rings. The fourth-order valence-electron chi connectivity index (χ4n) is 14.9. The molecule has 0 amide bonds. The van der Waals surface area contributed by atoms with Crippen LogP contribution in [0.2, 0.25) is 0 Å². The summed E-state index contributed by atoms with van der Waals surface area (Å²) in [5.41, 5.74) is -0.159. The van der Waals surface area contributed by atoms with Crippen molar-refractivity contribution in [2.45, 2.75) is 223 Å². The van der Waals surface area contributed by atoms with Crippen LogP contribution in [0.5, 0.6) is 0 Å². The first-order valence-corrected chi connectivity index (χ1v) is 24.3. The zero-order valence-electron chi connectivity index (χ0n) is 39.7. The van der Waals surface area contributed by atoms with Crippen molar-refractivity contribution in [3.05, 3.63) is 11.6 Å². The van der Waals surface area contributed by atoms with E-state index in [0.717, 1.165) is 51.4 Å². The van der Waals surface area contributed by atoms with Crippen molar-refractivity contribution in [3.8, 4) is 0 Å². The summed E-state index contributed by atoms with van der Waals surface area (Å²) in [6.45, 7) is 16.3. The molecule has 11 N–H and O–H groups in total. The molecule has 0 bridgehead atoms. The van der Waals surface area contributed by atoms with Crippen LogP contribution in [0.15, 0.2) is 11.6 Å². The van der Waals surface area contributed by atoms with Gasteiger partial charge in [0, 0.05) is 0 Å². The van der Waals surface area contributed by atoms with Crippen LogP contribution in [0.4, 0.5) is 0 Å². The standard InChI is InChI=1S/C48H82O17/c1-23(2)10-9-16-48(8,65-42-39(59)36(56)33(53)27(21-50)61-42)25-13-18-46(6)24(25)11-12-30-45(5)17-15-31(44(3,4)29(45)14-19-47(30,46)7)63-43-40(37(57)34(54)28(22-51)62-43)64-41-38(58)35(55)32(52)26(20-49)60-41/h10,24-43,49-59H,9,11-22H2,1-8H3/t24-,25-,26-,27+,28-,29+,30-,31+,32-,33+,34-,35-,36-,37+,38+,39+,40+,41+,42-,43+,45-,46-,47+,48+/m1/s1. The van der Waals surface area contributed by atoms with Gasteiger partial charge in [-0.2, -0.15) is 0 Å². The van der Waals surface area contributed by atoms with E-state index in [1.54, 1.807) is 0 Å². The molecule has 0 spiro atoms. The predicted molar refractivity (Wildman–Crippen MR) is 232 cm³/mol. The van der Waals surface area contributed by atoms with Gasteiger partial charge in [-0.15, -0.1) is 0 Å². The van der Waals surface area contributed by atoms with Crippen molar-refractivity contribution in [3.63, 3.8) is 0 Å². The highest BCUT2D eigenvalue weighted by molar-refractivity contribution is 5.19. The average Bonchev–Trinajstić information content (AvgIpc) is 3.63. The Balaban J connectivity index is 1.11. The molecule has 65 heavy (non-hydrogen) atoms. The molecule has 17 heteroatoms. The Morgan fingerprint density at radius 2 is 1.12 bits per heavy atom. The zero-order valence-corrected chi connectivity index (χ0v) is 39.7. The molecule has 0 aromatic heterocycles. The van der Waals surface area contributed by atoms with Gasteiger partial charge in [0.2, 0.25) is 0 Å². The number of ether oxygens (including phenoxy) is 6. The third-order valence-corrected chi connectivity index (χ3v) is 18.8. The van der Waals surface area contributed by atoms with Crippen LogP contribution >= 0.6 is 0 Å². The zero-order chi connectivity index (χ0) is 47.8. The first-order chi connectivity index (χ1) is 30.4. The van der Waals surface area contributed by atoms with Crippen LogP contribution in [0.1, 0.15) is 120 Å². The Bertz CT molecular complexity index is 1640. The molecule has 4 saturated carbocycles. The number of rotatable bonds is 13. The second-order valence-corrected chi connectivity index (χ2v) is 22.8. The van der Waals surface area contributed by atoms with E-state index in [2.05, 4.69) is 61.5 Å². The van der Waals surface area contributed by atoms with Crippen molar-refractivity contribution in [2.24, 2.45) is 45.3 Å². The van der Waals surface area contributed by atoms with E-state index in [9.17, 15) is 56.2 Å². The number of hydrogen-bond acceptors (Lipinski definition) is 17. The number of allylic oxidation sites excluding steroid dienone is 2. The largest absolute Gasteiger partial charge is 0.394 e. The van der Waals surface area contributed by atoms with Gasteiger partial charge in [-0.05, 0) is 130 Å². The summed E-state index contributed by atoms with van der Waals surface area (Å²) < 4.78 is 37.4. The molecule has 3 saturated heterocycles. The van der Waals surface area contributed by atoms with Crippen LogP contribution in [0, 0.1) is 45.3 Å². The molecule has 0 radical (unpaired) electrons. The summed E-state index contributed by atoms with van der Waals surface area (Å²) >= 11 is 0. The lowest BCUT2D eigenvalue weighted by Gasteiger charge is -2.70. The van der Waals surface area contributed by atoms with Gasteiger partial charge in [0.1, 0.15) is 73.2 Å². The third-order valence-electron chi connectivity index (χ3n) is 18.8. The Morgan fingerprint density at radius 3 is 1.71 bits per heavy atom. The van der Waals surface area contributed by atoms with Crippen molar-refractivity contribution in [1.29, 1.82) is 0 Å². The monoisotopic (exact) mass is 931 g/mol. The molecule has 0 aromatic rings. The number of fused-ring (bicyclic) bond motifs is 5. The molecule has 376 valence electrons. The molecular weight excluding hydrogens is 849 g/mol. The molecule has 3 heterocycles. The van der Waals surface area contributed by atoms with Gasteiger partial charge in [-0.1, -0.05) is 46.3 Å². The van der Waals surface area contributed by atoms with E-state index >= 15 is 0 Å². The smallest absolute Gasteiger partial charge is 0.187 e. The van der Waals surface area contributed by atoms with Crippen molar-refractivity contribution in [1.82, 2.24) is 0 Å². The van der Waals surface area contributed by atoms with E-state index in [-0.39, 0.29) is 28.1 Å². The number of aliphatic hydroxyl groups excluding tert-OH is 11. The Hall–Kier alpha value is -0.940. The van der Waals surface area contributed by atoms with Crippen LogP contribution in [0.3, 0.4) is 0 Å². The van der Waals surface area contributed by atoms with Gasteiger partial charge < -0.3 is 84.6 Å². The summed E-state index contributed by atoms with van der Waals surface area (Å²) in [4.78, 5) is 0. The van der Waals surface area contributed by atoms with E-state index in [1.807, 2.05) is 0 Å². The molecule has 17 nitrogen and oxygen atoms in total. The maximum atomic E-state index is 11.4. The van der Waals surface area contributed by atoms with Gasteiger partial charge >= 0.3 is 0 Å². The molecule has 7 rings (SSSR count). The minimum absolute atomic E-state index is 0.0327. The lowest BCUT2D eigenvalue weighted by Crippen LogP contribution is -2.67. The van der Waals surface area contributed by atoms with Gasteiger partial charge in [-0.3, -0.25) is 0 Å². The highest BCUT2D eigenvalue weighted by Gasteiger charge is 2.70. The molecule has 24 atom stereocenters. The minimum Gasteiger partial charge on any atom is -0.394 e. The summed E-state index contributed by atoms with van der Waals surface area (Å²) in [7, 11) is 0. The lowest BCUT2D eigenvalue weighted by molar-refractivity contribution is -0.378. The second kappa shape index (κ2) is 19.3. The third kappa shape index (κ3) is 8.84. The van der Waals surface area contributed by atoms with Gasteiger partial charge in [0.15, 0.2) is 18.9 Å². The molecule has 0 unspecified atom stereocenters. The van der Waals surface area contributed by atoms with Crippen molar-refractivity contribution in [2.75, 3.05) is 19.8 Å². The predicted octanol–water partition coefficient (Wildman–Crippen LogP) is 1.00. The minimum atomic E-state index is -1.77. The van der Waals surface area contributed by atoms with Crippen molar-refractivity contribution < 1.29 is 84.6 Å². The van der Waals surface area contributed by atoms with E-state index < -0.39 is 129 Å². The maximum Gasteiger partial charge on any atom is 0.187 e. The number of hydrogen-bond donors (Lipinski definition) is 11. The van der Waals surface area contributed by atoms with E-state index in [0.29, 0.717) is 24.7 Å². The van der Waals surface area contributed by atoms with Gasteiger partial charge in [0.25, 0.3) is 0 Å². The first-order valence-electron chi connectivity index (χ1n) is 24.3. The normalized spacial score (nSPS) is 51.9. The average molecular weight is 931 g/mol. The summed E-state index contributed by atoms with van der Waals surface area (Å²) in [6.07, 6.45) is -11.6. The highest BCUT2D eigenvalue weighted by Crippen LogP contribution is 2.76. The number of aliphatic hydroxyl groups is 11. The Kier molecular flexibility index (Phi) is 15.4. The van der Waals surface area contributed by atoms with Crippen LogP contribution in [-0.4, -0.2) is 180 Å². The first kappa shape index (κ1) is 51.9.